The number of aliphatic imine (C=N–C) groups is 1. The lowest BCUT2D eigenvalue weighted by atomic mass is 9.81. The molecule has 0 spiro atoms. The number of carbonyl (C=O) groups is 1. The normalized spacial score (nSPS) is 18.4. The molecule has 27 heavy (non-hydrogen) atoms. The van der Waals surface area contributed by atoms with Crippen LogP contribution < -0.4 is 4.90 Å². The average molecular weight is 361 g/mol. The van der Waals surface area contributed by atoms with Crippen LogP contribution in [-0.2, 0) is 6.42 Å². The summed E-state index contributed by atoms with van der Waals surface area (Å²) in [6.07, 6.45) is 1.63. The maximum absolute atomic E-state index is 14.0. The van der Waals surface area contributed by atoms with E-state index in [0.29, 0.717) is 17.0 Å². The minimum atomic E-state index is -0.385. The number of anilines is 1. The minimum absolute atomic E-state index is 0.0916. The van der Waals surface area contributed by atoms with Crippen LogP contribution in [0.5, 0.6) is 0 Å². The first-order chi connectivity index (χ1) is 13.0. The molecule has 136 valence electrons. The highest BCUT2D eigenvalue weighted by Crippen LogP contribution is 2.39. The smallest absolute Gasteiger partial charge is 0.185 e. The monoisotopic (exact) mass is 361 g/mol. The van der Waals surface area contributed by atoms with Gasteiger partial charge in [-0.25, -0.2) is 4.39 Å². The lowest BCUT2D eigenvalue weighted by molar-refractivity contribution is 0.100. The third-order valence-corrected chi connectivity index (χ3v) is 5.71. The highest BCUT2D eigenvalue weighted by molar-refractivity contribution is 6.22. The highest BCUT2D eigenvalue weighted by atomic mass is 19.1. The van der Waals surface area contributed by atoms with Gasteiger partial charge >= 0.3 is 0 Å². The second-order valence-corrected chi connectivity index (χ2v) is 7.63. The molecule has 1 N–H and O–H groups in total. The Labute approximate surface area is 156 Å². The summed E-state index contributed by atoms with van der Waals surface area (Å²) in [6.45, 7) is 0.0916. The molecule has 1 atom stereocenters. The first-order valence-corrected chi connectivity index (χ1v) is 9.19. The summed E-state index contributed by atoms with van der Waals surface area (Å²) < 4.78 is 14.0. The molecule has 0 saturated carbocycles. The van der Waals surface area contributed by atoms with Crippen LogP contribution in [0.4, 0.5) is 10.1 Å². The molecule has 5 rings (SSSR count). The fraction of sp³-hybridized carbons (Fsp3) is 0.273. The summed E-state index contributed by atoms with van der Waals surface area (Å²) >= 11 is 0. The zero-order valence-electron chi connectivity index (χ0n) is 15.3. The van der Waals surface area contributed by atoms with Crippen LogP contribution in [0.2, 0.25) is 0 Å². The Bertz CT molecular complexity index is 1110. The Kier molecular flexibility index (Phi) is 3.47. The summed E-state index contributed by atoms with van der Waals surface area (Å²) in [6, 6.07) is 11.4. The van der Waals surface area contributed by atoms with E-state index in [0.717, 1.165) is 35.2 Å². The molecule has 0 radical (unpaired) electrons. The fourth-order valence-corrected chi connectivity index (χ4v) is 4.37. The molecule has 0 amide bonds. The molecule has 3 aromatic rings. The van der Waals surface area contributed by atoms with E-state index in [2.05, 4.69) is 39.1 Å². The van der Waals surface area contributed by atoms with Crippen molar-refractivity contribution in [3.8, 4) is 0 Å². The molecule has 1 aliphatic heterocycles. The molecule has 0 saturated heterocycles. The zero-order valence-corrected chi connectivity index (χ0v) is 15.3. The van der Waals surface area contributed by atoms with Gasteiger partial charge in [-0.15, -0.1) is 0 Å². The summed E-state index contributed by atoms with van der Waals surface area (Å²) in [5.41, 5.74) is 6.61. The summed E-state index contributed by atoms with van der Waals surface area (Å²) in [7, 11) is 4.06. The van der Waals surface area contributed by atoms with Gasteiger partial charge in [0.15, 0.2) is 5.78 Å². The summed E-state index contributed by atoms with van der Waals surface area (Å²) in [5.74, 6) is -0.208. The number of ketones is 1. The van der Waals surface area contributed by atoms with Gasteiger partial charge in [-0.1, -0.05) is 12.1 Å². The van der Waals surface area contributed by atoms with Crippen molar-refractivity contribution in [3.05, 3.63) is 64.6 Å². The molecule has 4 nitrogen and oxygen atoms in total. The van der Waals surface area contributed by atoms with E-state index in [1.165, 1.54) is 23.4 Å². The second-order valence-electron chi connectivity index (χ2n) is 7.63. The Morgan fingerprint density at radius 3 is 2.67 bits per heavy atom. The van der Waals surface area contributed by atoms with Crippen LogP contribution in [-0.4, -0.2) is 37.1 Å². The van der Waals surface area contributed by atoms with E-state index in [4.69, 9.17) is 0 Å². The number of aromatic nitrogens is 1. The molecule has 2 aromatic carbocycles. The number of halogens is 1. The Morgan fingerprint density at radius 1 is 1.15 bits per heavy atom. The maximum atomic E-state index is 14.0. The number of nitrogens with zero attached hydrogens (tertiary/aromatic N) is 2. The summed E-state index contributed by atoms with van der Waals surface area (Å²) in [5, 5.41) is 0.842. The molecule has 2 heterocycles. The number of rotatable bonds is 2. The van der Waals surface area contributed by atoms with Crippen LogP contribution in [0.25, 0.3) is 10.9 Å². The number of nitrogens with one attached hydrogen (secondary N) is 1. The fourth-order valence-electron chi connectivity index (χ4n) is 4.37. The number of benzene rings is 2. The zero-order chi connectivity index (χ0) is 18.7. The average Bonchev–Trinajstić information content (AvgIpc) is 2.95. The third kappa shape index (κ3) is 2.49. The van der Waals surface area contributed by atoms with Crippen molar-refractivity contribution in [2.45, 2.75) is 18.8 Å². The van der Waals surface area contributed by atoms with Crippen molar-refractivity contribution >= 4 is 28.1 Å². The molecule has 1 aromatic heterocycles. The predicted octanol–water partition coefficient (Wildman–Crippen LogP) is 4.09. The van der Waals surface area contributed by atoms with Gasteiger partial charge in [0.05, 0.1) is 0 Å². The van der Waals surface area contributed by atoms with Crippen molar-refractivity contribution in [1.29, 1.82) is 0 Å². The Morgan fingerprint density at radius 2 is 1.93 bits per heavy atom. The van der Waals surface area contributed by atoms with Gasteiger partial charge in [-0.3, -0.25) is 9.79 Å². The number of hydrogen-bond acceptors (Lipinski definition) is 3. The van der Waals surface area contributed by atoms with Crippen molar-refractivity contribution < 1.29 is 9.18 Å². The Balaban J connectivity index is 1.63. The largest absolute Gasteiger partial charge is 0.378 e. The van der Waals surface area contributed by atoms with Crippen molar-refractivity contribution in [2.75, 3.05) is 25.5 Å². The van der Waals surface area contributed by atoms with Crippen molar-refractivity contribution in [1.82, 2.24) is 4.98 Å². The summed E-state index contributed by atoms with van der Waals surface area (Å²) in [4.78, 5) is 22.6. The molecule has 1 aliphatic carbocycles. The van der Waals surface area contributed by atoms with Gasteiger partial charge in [-0.2, -0.15) is 0 Å². The van der Waals surface area contributed by atoms with Crippen molar-refractivity contribution in [3.63, 3.8) is 0 Å². The topological polar surface area (TPSA) is 48.5 Å². The molecule has 1 unspecified atom stereocenters. The van der Waals surface area contributed by atoms with Gasteiger partial charge in [0.25, 0.3) is 0 Å². The quantitative estimate of drug-likeness (QED) is 0.747. The van der Waals surface area contributed by atoms with Gasteiger partial charge < -0.3 is 9.88 Å². The number of hydrogen-bond donors (Lipinski definition) is 1. The van der Waals surface area contributed by atoms with Gasteiger partial charge in [0, 0.05) is 53.2 Å². The maximum Gasteiger partial charge on any atom is 0.185 e. The lowest BCUT2D eigenvalue weighted by Gasteiger charge is -2.25. The van der Waals surface area contributed by atoms with Gasteiger partial charge in [-0.05, 0) is 48.6 Å². The molecule has 0 fully saturated rings. The number of aromatic amines is 1. The molecular formula is C22H20FN3O. The first-order valence-electron chi connectivity index (χ1n) is 9.19. The molecule has 0 bridgehead atoms. The minimum Gasteiger partial charge on any atom is -0.378 e. The van der Waals surface area contributed by atoms with E-state index >= 15 is 0 Å². The number of Topliss-reactive ketones (excluding diaryl/α,β-unsaturated/α-hetero) is 1. The van der Waals surface area contributed by atoms with Crippen LogP contribution in [0, 0.1) is 5.82 Å². The second kappa shape index (κ2) is 5.78. The highest BCUT2D eigenvalue weighted by Gasteiger charge is 2.32. The number of carbonyl (C=O) groups excluding carboxylic acids is 1. The van der Waals surface area contributed by atoms with E-state index in [1.54, 1.807) is 0 Å². The van der Waals surface area contributed by atoms with E-state index in [9.17, 15) is 9.18 Å². The standard InChI is InChI=1S/C22H20FN3O/c1-26(2)15-5-3-12(4-6-15)13-7-17-22-18(8-13)25-19-10-14(23)9-16(21(19)22)20(27)11-24-17/h3-6,9-10,13,25H,7-8,11H2,1-2H3. The third-order valence-electron chi connectivity index (χ3n) is 5.71. The van der Waals surface area contributed by atoms with Crippen LogP contribution in [0.3, 0.4) is 0 Å². The van der Waals surface area contributed by atoms with Crippen LogP contribution >= 0.6 is 0 Å². The van der Waals surface area contributed by atoms with E-state index in [-0.39, 0.29) is 18.1 Å². The van der Waals surface area contributed by atoms with Gasteiger partial charge in [0.1, 0.15) is 12.4 Å². The SMILES string of the molecule is CN(C)c1ccc(C2CC3=NCC(=O)c4cc(F)cc5[nH]c(c3c45)C2)cc1. The van der Waals surface area contributed by atoms with Crippen LogP contribution in [0.1, 0.15) is 39.5 Å². The van der Waals surface area contributed by atoms with Crippen molar-refractivity contribution in [2.24, 2.45) is 4.99 Å². The first kappa shape index (κ1) is 16.2. The molecular weight excluding hydrogens is 341 g/mol. The Hall–Kier alpha value is -2.95. The van der Waals surface area contributed by atoms with Crippen LogP contribution in [0.15, 0.2) is 41.4 Å². The van der Waals surface area contributed by atoms with E-state index in [1.807, 2.05) is 14.1 Å². The van der Waals surface area contributed by atoms with Gasteiger partial charge in [0.2, 0.25) is 0 Å². The lowest BCUT2D eigenvalue weighted by Crippen LogP contribution is -2.19. The van der Waals surface area contributed by atoms with E-state index < -0.39 is 0 Å². The molecule has 5 heteroatoms. The molecule has 2 aliphatic rings. The predicted molar refractivity (Wildman–Crippen MR) is 106 cm³/mol. The number of H-pyrrole nitrogens is 1.